The monoisotopic (exact) mass is 440 g/mol. The minimum Gasteiger partial charge on any atom is -0.326 e. The fourth-order valence-corrected chi connectivity index (χ4v) is 6.39. The Labute approximate surface area is 181 Å². The molecule has 0 saturated heterocycles. The van der Waals surface area contributed by atoms with Gasteiger partial charge in [-0.25, -0.2) is 13.4 Å². The molecule has 3 aromatic rings. The number of carbonyl (C=O) groups is 1. The smallest absolute Gasteiger partial charge is 0.230 e. The molecule has 1 aromatic heterocycles. The van der Waals surface area contributed by atoms with Gasteiger partial charge in [0.1, 0.15) is 5.01 Å². The Morgan fingerprint density at radius 1 is 1.07 bits per heavy atom. The summed E-state index contributed by atoms with van der Waals surface area (Å²) in [6.07, 6.45) is 3.59. The van der Waals surface area contributed by atoms with Gasteiger partial charge in [0.2, 0.25) is 5.91 Å². The normalized spacial score (nSPS) is 14.7. The van der Waals surface area contributed by atoms with Crippen molar-refractivity contribution in [2.75, 3.05) is 5.32 Å². The highest BCUT2D eigenvalue weighted by Crippen LogP contribution is 2.30. The molecule has 0 atom stereocenters. The molecule has 0 radical (unpaired) electrons. The molecule has 0 unspecified atom stereocenters. The van der Waals surface area contributed by atoms with Gasteiger partial charge in [0.05, 0.1) is 22.3 Å². The molecule has 30 heavy (non-hydrogen) atoms. The second-order valence-electron chi connectivity index (χ2n) is 7.71. The van der Waals surface area contributed by atoms with Crippen molar-refractivity contribution >= 4 is 32.8 Å². The summed E-state index contributed by atoms with van der Waals surface area (Å²) in [5.74, 6) is -0.179. The minimum absolute atomic E-state index is 0.171. The van der Waals surface area contributed by atoms with Crippen molar-refractivity contribution < 1.29 is 13.2 Å². The number of nitrogens with one attached hydrogen (secondary N) is 1. The van der Waals surface area contributed by atoms with Gasteiger partial charge in [-0.1, -0.05) is 42.7 Å². The molecule has 1 aliphatic rings. The van der Waals surface area contributed by atoms with Crippen LogP contribution in [0.2, 0.25) is 0 Å². The van der Waals surface area contributed by atoms with Crippen molar-refractivity contribution in [2.45, 2.75) is 49.2 Å². The third-order valence-electron chi connectivity index (χ3n) is 5.40. The molecule has 1 saturated carbocycles. The molecular weight excluding hydrogens is 416 g/mol. The van der Waals surface area contributed by atoms with Gasteiger partial charge in [-0.05, 0) is 44.0 Å². The predicted molar refractivity (Wildman–Crippen MR) is 121 cm³/mol. The van der Waals surface area contributed by atoms with E-state index in [4.69, 9.17) is 0 Å². The summed E-state index contributed by atoms with van der Waals surface area (Å²) in [5.41, 5.74) is 3.53. The maximum Gasteiger partial charge on any atom is 0.230 e. The topological polar surface area (TPSA) is 76.1 Å². The van der Waals surface area contributed by atoms with E-state index < -0.39 is 9.84 Å². The van der Waals surface area contributed by atoms with Gasteiger partial charge >= 0.3 is 0 Å². The summed E-state index contributed by atoms with van der Waals surface area (Å²) in [5, 5.41) is 5.34. The summed E-state index contributed by atoms with van der Waals surface area (Å²) in [4.78, 5) is 17.3. The minimum atomic E-state index is -3.28. The first-order valence-corrected chi connectivity index (χ1v) is 12.5. The summed E-state index contributed by atoms with van der Waals surface area (Å²) in [7, 11) is -3.28. The van der Waals surface area contributed by atoms with E-state index in [9.17, 15) is 13.2 Å². The van der Waals surface area contributed by atoms with Gasteiger partial charge in [0.25, 0.3) is 0 Å². The largest absolute Gasteiger partial charge is 0.326 e. The number of anilines is 1. The fourth-order valence-electron chi connectivity index (χ4n) is 3.71. The lowest BCUT2D eigenvalue weighted by Gasteiger charge is -2.12. The zero-order chi connectivity index (χ0) is 21.1. The lowest BCUT2D eigenvalue weighted by Crippen LogP contribution is -2.18. The molecule has 1 aliphatic carbocycles. The maximum atomic E-state index is 12.7. The SMILES string of the molecule is Cc1ccc(-c2nc(CC(=O)Nc3ccc(S(=O)(=O)C4CCCC4)cc3)cs2)cc1. The van der Waals surface area contributed by atoms with E-state index in [2.05, 4.69) is 10.3 Å². The first-order chi connectivity index (χ1) is 14.4. The van der Waals surface area contributed by atoms with Crippen LogP contribution in [0.25, 0.3) is 10.6 Å². The zero-order valence-electron chi connectivity index (χ0n) is 16.8. The van der Waals surface area contributed by atoms with Gasteiger partial charge < -0.3 is 5.32 Å². The van der Waals surface area contributed by atoms with Crippen LogP contribution in [-0.4, -0.2) is 24.6 Å². The number of hydrogen-bond acceptors (Lipinski definition) is 5. The molecule has 4 rings (SSSR count). The second kappa shape index (κ2) is 8.70. The molecule has 0 spiro atoms. The lowest BCUT2D eigenvalue weighted by atomic mass is 10.2. The average Bonchev–Trinajstić information content (AvgIpc) is 3.41. The van der Waals surface area contributed by atoms with Gasteiger partial charge in [-0.2, -0.15) is 0 Å². The van der Waals surface area contributed by atoms with Crippen molar-refractivity contribution in [1.82, 2.24) is 4.98 Å². The van der Waals surface area contributed by atoms with E-state index in [1.165, 1.54) is 16.9 Å². The maximum absolute atomic E-state index is 12.7. The van der Waals surface area contributed by atoms with Crippen LogP contribution in [0.4, 0.5) is 5.69 Å². The Hall–Kier alpha value is -2.51. The molecule has 7 heteroatoms. The molecule has 1 fully saturated rings. The molecule has 0 bridgehead atoms. The lowest BCUT2D eigenvalue weighted by molar-refractivity contribution is -0.115. The molecular formula is C23H24N2O3S2. The van der Waals surface area contributed by atoms with Crippen LogP contribution >= 0.6 is 11.3 Å². The number of aromatic nitrogens is 1. The number of sulfone groups is 1. The van der Waals surface area contributed by atoms with Crippen LogP contribution in [0, 0.1) is 6.92 Å². The van der Waals surface area contributed by atoms with Gasteiger partial charge in [0.15, 0.2) is 9.84 Å². The van der Waals surface area contributed by atoms with Crippen molar-refractivity contribution in [3.8, 4) is 10.6 Å². The van der Waals surface area contributed by atoms with E-state index >= 15 is 0 Å². The highest BCUT2D eigenvalue weighted by atomic mass is 32.2. The van der Waals surface area contributed by atoms with Crippen LogP contribution < -0.4 is 5.32 Å². The number of hydrogen-bond donors (Lipinski definition) is 1. The Morgan fingerprint density at radius 3 is 2.40 bits per heavy atom. The summed E-state index contributed by atoms with van der Waals surface area (Å²) in [6, 6.07) is 14.6. The van der Waals surface area contributed by atoms with Crippen LogP contribution in [-0.2, 0) is 21.1 Å². The highest BCUT2D eigenvalue weighted by molar-refractivity contribution is 7.92. The van der Waals surface area contributed by atoms with Crippen LogP contribution in [0.5, 0.6) is 0 Å². The standard InChI is InChI=1S/C23H24N2O3S2/c1-16-6-8-17(9-7-16)23-25-19(15-29-23)14-22(26)24-18-10-12-21(13-11-18)30(27,28)20-4-2-3-5-20/h6-13,15,20H,2-5,14H2,1H3,(H,24,26). The summed E-state index contributed by atoms with van der Waals surface area (Å²) < 4.78 is 25.3. The number of rotatable bonds is 6. The van der Waals surface area contributed by atoms with Crippen molar-refractivity contribution in [3.63, 3.8) is 0 Å². The predicted octanol–water partition coefficient (Wildman–Crippen LogP) is 5.02. The molecule has 1 N–H and O–H groups in total. The molecule has 5 nitrogen and oxygen atoms in total. The molecule has 1 heterocycles. The second-order valence-corrected chi connectivity index (χ2v) is 10.8. The van der Waals surface area contributed by atoms with E-state index in [0.717, 1.165) is 36.3 Å². The summed E-state index contributed by atoms with van der Waals surface area (Å²) in [6.45, 7) is 2.04. The van der Waals surface area contributed by atoms with Gasteiger partial charge in [-0.15, -0.1) is 11.3 Å². The van der Waals surface area contributed by atoms with Crippen molar-refractivity contribution in [1.29, 1.82) is 0 Å². The van der Waals surface area contributed by atoms with Crippen LogP contribution in [0.3, 0.4) is 0 Å². The molecule has 0 aliphatic heterocycles. The molecule has 156 valence electrons. The summed E-state index contributed by atoms with van der Waals surface area (Å²) >= 11 is 1.52. The van der Waals surface area contributed by atoms with Crippen LogP contribution in [0.1, 0.15) is 36.9 Å². The van der Waals surface area contributed by atoms with E-state index in [1.807, 2.05) is 36.6 Å². The Morgan fingerprint density at radius 2 is 1.73 bits per heavy atom. The van der Waals surface area contributed by atoms with Gasteiger partial charge in [-0.3, -0.25) is 4.79 Å². The third kappa shape index (κ3) is 4.63. The number of thiazole rings is 1. The average molecular weight is 441 g/mol. The van der Waals surface area contributed by atoms with E-state index in [0.29, 0.717) is 16.3 Å². The quantitative estimate of drug-likeness (QED) is 0.584. The highest BCUT2D eigenvalue weighted by Gasteiger charge is 2.30. The number of benzene rings is 2. The van der Waals surface area contributed by atoms with Crippen molar-refractivity contribution in [2.24, 2.45) is 0 Å². The first-order valence-electron chi connectivity index (χ1n) is 10.1. The first kappa shape index (κ1) is 20.8. The Kier molecular flexibility index (Phi) is 6.01. The number of aryl methyl sites for hydroxylation is 1. The van der Waals surface area contributed by atoms with Crippen LogP contribution in [0.15, 0.2) is 58.8 Å². The molecule has 1 amide bonds. The molecule has 2 aromatic carbocycles. The van der Waals surface area contributed by atoms with Crippen molar-refractivity contribution in [3.05, 3.63) is 65.2 Å². The van der Waals surface area contributed by atoms with E-state index in [1.54, 1.807) is 24.3 Å². The Bertz CT molecular complexity index is 1130. The number of nitrogens with zero attached hydrogens (tertiary/aromatic N) is 1. The van der Waals surface area contributed by atoms with E-state index in [-0.39, 0.29) is 17.6 Å². The third-order valence-corrected chi connectivity index (χ3v) is 8.62. The fraction of sp³-hybridized carbons (Fsp3) is 0.304. The zero-order valence-corrected chi connectivity index (χ0v) is 18.4. The van der Waals surface area contributed by atoms with Gasteiger partial charge in [0, 0.05) is 16.6 Å². The number of carbonyl (C=O) groups excluding carboxylic acids is 1. The number of amides is 1. The Balaban J connectivity index is 1.38.